The van der Waals surface area contributed by atoms with Crippen molar-refractivity contribution in [1.29, 1.82) is 0 Å². The van der Waals surface area contributed by atoms with Crippen LogP contribution in [0, 0.1) is 5.82 Å². The Morgan fingerprint density at radius 1 is 1.04 bits per heavy atom. The Labute approximate surface area is 145 Å². The minimum atomic E-state index is -4.82. The predicted octanol–water partition coefficient (Wildman–Crippen LogP) is 3.91. The van der Waals surface area contributed by atoms with E-state index in [4.69, 9.17) is 4.74 Å². The number of rotatable bonds is 5. The third-order valence-corrected chi connectivity index (χ3v) is 3.10. The van der Waals surface area contributed by atoms with Gasteiger partial charge in [0.25, 0.3) is 5.91 Å². The van der Waals surface area contributed by atoms with Gasteiger partial charge in [-0.25, -0.2) is 9.18 Å². The molecular weight excluding hydrogens is 358 g/mol. The molecule has 0 fully saturated rings. The summed E-state index contributed by atoms with van der Waals surface area (Å²) < 4.78 is 58.3. The lowest BCUT2D eigenvalue weighted by atomic mass is 10.2. The lowest BCUT2D eigenvalue weighted by molar-refractivity contribution is -0.274. The van der Waals surface area contributed by atoms with E-state index in [-0.39, 0.29) is 11.3 Å². The summed E-state index contributed by atoms with van der Waals surface area (Å²) in [6.07, 6.45) is -6.08. The number of anilines is 1. The van der Waals surface area contributed by atoms with E-state index in [1.165, 1.54) is 37.3 Å². The highest BCUT2D eigenvalue weighted by molar-refractivity contribution is 5.97. The average Bonchev–Trinajstić information content (AvgIpc) is 2.55. The van der Waals surface area contributed by atoms with Crippen LogP contribution in [0.25, 0.3) is 0 Å². The van der Waals surface area contributed by atoms with Crippen molar-refractivity contribution < 1.29 is 36.6 Å². The first kappa shape index (κ1) is 19.2. The topological polar surface area (TPSA) is 64.6 Å². The third-order valence-electron chi connectivity index (χ3n) is 3.10. The minimum absolute atomic E-state index is 0.165. The van der Waals surface area contributed by atoms with Crippen molar-refractivity contribution in [2.45, 2.75) is 19.4 Å². The molecule has 9 heteroatoms. The molecule has 2 aromatic rings. The van der Waals surface area contributed by atoms with E-state index in [0.29, 0.717) is 0 Å². The first-order valence-electron chi connectivity index (χ1n) is 7.28. The van der Waals surface area contributed by atoms with E-state index in [2.05, 4.69) is 10.1 Å². The number of hydrogen-bond donors (Lipinski definition) is 1. The van der Waals surface area contributed by atoms with Gasteiger partial charge in [-0.2, -0.15) is 0 Å². The van der Waals surface area contributed by atoms with Crippen molar-refractivity contribution in [2.24, 2.45) is 0 Å². The van der Waals surface area contributed by atoms with E-state index in [9.17, 15) is 27.2 Å². The zero-order chi connectivity index (χ0) is 19.3. The van der Waals surface area contributed by atoms with Crippen LogP contribution in [0.1, 0.15) is 17.3 Å². The molecule has 2 rings (SSSR count). The summed E-state index contributed by atoms with van der Waals surface area (Å²) in [5, 5.41) is 2.36. The molecule has 0 aliphatic rings. The van der Waals surface area contributed by atoms with E-state index in [0.717, 1.165) is 18.2 Å². The molecule has 5 nitrogen and oxygen atoms in total. The number of esters is 1. The quantitative estimate of drug-likeness (QED) is 0.639. The molecule has 0 bridgehead atoms. The summed E-state index contributed by atoms with van der Waals surface area (Å²) >= 11 is 0. The summed E-state index contributed by atoms with van der Waals surface area (Å²) in [6.45, 7) is 1.27. The molecule has 0 heterocycles. The zero-order valence-electron chi connectivity index (χ0n) is 13.3. The molecule has 0 radical (unpaired) electrons. The van der Waals surface area contributed by atoms with Crippen LogP contribution in [-0.2, 0) is 9.53 Å². The zero-order valence-corrected chi connectivity index (χ0v) is 13.3. The number of hydrogen-bond acceptors (Lipinski definition) is 4. The number of benzene rings is 2. The van der Waals surface area contributed by atoms with Crippen LogP contribution in [0.5, 0.6) is 5.75 Å². The summed E-state index contributed by atoms with van der Waals surface area (Å²) in [5.41, 5.74) is -0.154. The van der Waals surface area contributed by atoms with Crippen molar-refractivity contribution in [1.82, 2.24) is 0 Å². The first-order chi connectivity index (χ1) is 12.2. The Bertz CT molecular complexity index is 790. The first-order valence-corrected chi connectivity index (χ1v) is 7.28. The number of carbonyl (C=O) groups excluding carboxylic acids is 2. The average molecular weight is 371 g/mol. The highest BCUT2D eigenvalue weighted by Crippen LogP contribution is 2.24. The summed E-state index contributed by atoms with van der Waals surface area (Å²) in [7, 11) is 0. The highest BCUT2D eigenvalue weighted by Gasteiger charge is 2.31. The van der Waals surface area contributed by atoms with Gasteiger partial charge in [0.15, 0.2) is 6.10 Å². The normalized spacial score (nSPS) is 12.2. The second kappa shape index (κ2) is 7.85. The summed E-state index contributed by atoms with van der Waals surface area (Å²) in [4.78, 5) is 23.8. The van der Waals surface area contributed by atoms with Gasteiger partial charge in [0.1, 0.15) is 11.6 Å². The third kappa shape index (κ3) is 5.47. The number of amides is 1. The molecule has 1 atom stereocenters. The second-order valence-corrected chi connectivity index (χ2v) is 5.09. The number of nitrogens with one attached hydrogen (secondary N) is 1. The molecule has 1 N–H and O–H groups in total. The maximum atomic E-state index is 13.5. The second-order valence-electron chi connectivity index (χ2n) is 5.09. The van der Waals surface area contributed by atoms with Crippen molar-refractivity contribution in [2.75, 3.05) is 5.32 Å². The van der Waals surface area contributed by atoms with Gasteiger partial charge in [0, 0.05) is 5.69 Å². The van der Waals surface area contributed by atoms with Crippen molar-refractivity contribution in [3.05, 3.63) is 59.9 Å². The highest BCUT2D eigenvalue weighted by atomic mass is 19.4. The predicted molar refractivity (Wildman–Crippen MR) is 83.0 cm³/mol. The van der Waals surface area contributed by atoms with Gasteiger partial charge >= 0.3 is 12.3 Å². The van der Waals surface area contributed by atoms with Crippen LogP contribution < -0.4 is 10.1 Å². The fourth-order valence-electron chi connectivity index (χ4n) is 1.89. The Morgan fingerprint density at radius 2 is 1.65 bits per heavy atom. The fraction of sp³-hybridized carbons (Fsp3) is 0.176. The van der Waals surface area contributed by atoms with E-state index >= 15 is 0 Å². The van der Waals surface area contributed by atoms with Crippen LogP contribution in [0.3, 0.4) is 0 Å². The monoisotopic (exact) mass is 371 g/mol. The molecular formula is C17H13F4NO4. The molecule has 0 spiro atoms. The van der Waals surface area contributed by atoms with Crippen LogP contribution in [0.4, 0.5) is 23.2 Å². The Morgan fingerprint density at radius 3 is 2.23 bits per heavy atom. The molecule has 0 aromatic heterocycles. The van der Waals surface area contributed by atoms with Gasteiger partial charge < -0.3 is 14.8 Å². The van der Waals surface area contributed by atoms with Gasteiger partial charge in [-0.05, 0) is 43.3 Å². The van der Waals surface area contributed by atoms with Gasteiger partial charge in [0.2, 0.25) is 0 Å². The maximum Gasteiger partial charge on any atom is 0.573 e. The maximum absolute atomic E-state index is 13.5. The molecule has 1 amide bonds. The molecule has 0 saturated carbocycles. The van der Waals surface area contributed by atoms with Crippen molar-refractivity contribution in [3.63, 3.8) is 0 Å². The molecule has 0 saturated heterocycles. The van der Waals surface area contributed by atoms with Crippen molar-refractivity contribution >= 4 is 17.6 Å². The molecule has 26 heavy (non-hydrogen) atoms. The summed E-state index contributed by atoms with van der Waals surface area (Å²) in [5.74, 6) is -2.99. The minimum Gasteiger partial charge on any atom is -0.449 e. The lowest BCUT2D eigenvalue weighted by Crippen LogP contribution is -2.30. The number of ether oxygens (including phenoxy) is 2. The van der Waals surface area contributed by atoms with Gasteiger partial charge in [-0.15, -0.1) is 13.2 Å². The van der Waals surface area contributed by atoms with E-state index in [1.807, 2.05) is 0 Å². The number of halogens is 4. The number of alkyl halides is 3. The largest absolute Gasteiger partial charge is 0.573 e. The lowest BCUT2D eigenvalue weighted by Gasteiger charge is -2.14. The Hall–Kier alpha value is -3.10. The van der Waals surface area contributed by atoms with E-state index < -0.39 is 35.9 Å². The smallest absolute Gasteiger partial charge is 0.449 e. The van der Waals surface area contributed by atoms with E-state index in [1.54, 1.807) is 0 Å². The van der Waals surface area contributed by atoms with Gasteiger partial charge in [0.05, 0.1) is 5.56 Å². The Kier molecular flexibility index (Phi) is 5.81. The molecule has 2 aromatic carbocycles. The van der Waals surface area contributed by atoms with Crippen molar-refractivity contribution in [3.8, 4) is 5.75 Å². The molecule has 0 aliphatic carbocycles. The molecule has 138 valence electrons. The molecule has 0 aliphatic heterocycles. The van der Waals surface area contributed by atoms with Gasteiger partial charge in [-0.3, -0.25) is 4.79 Å². The standard InChI is InChI=1S/C17H13F4NO4/c1-10(25-16(24)13-4-2-3-5-14(13)18)15(23)22-11-6-8-12(9-7-11)26-17(19,20)21/h2-10H,1H3,(H,22,23)/t10-/m0/s1. The summed E-state index contributed by atoms with van der Waals surface area (Å²) in [6, 6.07) is 9.52. The van der Waals surface area contributed by atoms with Crippen LogP contribution in [-0.4, -0.2) is 24.3 Å². The molecule has 0 unspecified atom stereocenters. The van der Waals surface area contributed by atoms with Gasteiger partial charge in [-0.1, -0.05) is 12.1 Å². The van der Waals surface area contributed by atoms with Crippen LogP contribution >= 0.6 is 0 Å². The fourth-order valence-corrected chi connectivity index (χ4v) is 1.89. The van der Waals surface area contributed by atoms with Crippen LogP contribution in [0.15, 0.2) is 48.5 Å². The van der Waals surface area contributed by atoms with Crippen LogP contribution in [0.2, 0.25) is 0 Å². The SMILES string of the molecule is C[C@H](OC(=O)c1ccccc1F)C(=O)Nc1ccc(OC(F)(F)F)cc1. The number of carbonyl (C=O) groups is 2. The Balaban J connectivity index is 1.94.